The van der Waals surface area contributed by atoms with Gasteiger partial charge in [0.15, 0.2) is 0 Å². The van der Waals surface area contributed by atoms with Crippen molar-refractivity contribution in [1.82, 2.24) is 9.88 Å². The van der Waals surface area contributed by atoms with Crippen LogP contribution in [0.1, 0.15) is 33.6 Å². The number of carbonyl (C=O) groups excluding carboxylic acids is 1. The van der Waals surface area contributed by atoms with Gasteiger partial charge in [-0.15, -0.1) is 0 Å². The fraction of sp³-hybridized carbons (Fsp3) is 0.600. The Balaban J connectivity index is 1.83. The van der Waals surface area contributed by atoms with Gasteiger partial charge in [-0.1, -0.05) is 0 Å². The van der Waals surface area contributed by atoms with Gasteiger partial charge in [0, 0.05) is 38.2 Å². The molecule has 0 atom stereocenters. The summed E-state index contributed by atoms with van der Waals surface area (Å²) < 4.78 is 11.2. The van der Waals surface area contributed by atoms with Crippen LogP contribution in [0, 0.1) is 0 Å². The van der Waals surface area contributed by atoms with E-state index in [1.165, 1.54) is 0 Å². The van der Waals surface area contributed by atoms with E-state index < -0.39 is 5.60 Å². The number of likely N-dealkylation sites (tertiary alicyclic amines) is 1. The molecule has 2 rings (SSSR count). The van der Waals surface area contributed by atoms with E-state index >= 15 is 0 Å². The first-order valence-electron chi connectivity index (χ1n) is 7.19. The molecule has 1 aromatic heterocycles. The molecule has 116 valence electrons. The van der Waals surface area contributed by atoms with Crippen molar-refractivity contribution < 1.29 is 14.3 Å². The average molecular weight is 293 g/mol. The first kappa shape index (κ1) is 15.4. The second-order valence-corrected chi connectivity index (χ2v) is 6.20. The quantitative estimate of drug-likeness (QED) is 0.906. The molecule has 6 nitrogen and oxygen atoms in total. The Morgan fingerprint density at radius 1 is 1.38 bits per heavy atom. The number of nitrogens with zero attached hydrogens (tertiary/aromatic N) is 2. The molecule has 1 fully saturated rings. The number of hydrogen-bond donors (Lipinski definition) is 1. The predicted octanol–water partition coefficient (Wildman–Crippen LogP) is 2.44. The van der Waals surface area contributed by atoms with Crippen LogP contribution < -0.4 is 10.5 Å². The minimum absolute atomic E-state index is 0.0633. The van der Waals surface area contributed by atoms with Crippen LogP contribution in [0.25, 0.3) is 0 Å². The molecule has 0 aliphatic carbocycles. The van der Waals surface area contributed by atoms with E-state index in [0.717, 1.165) is 12.8 Å². The lowest BCUT2D eigenvalue weighted by Gasteiger charge is -2.33. The topological polar surface area (TPSA) is 77.7 Å². The Hall–Kier alpha value is -1.98. The molecule has 1 aliphatic rings. The van der Waals surface area contributed by atoms with E-state index in [2.05, 4.69) is 4.98 Å². The maximum atomic E-state index is 12.0. The van der Waals surface area contributed by atoms with Gasteiger partial charge in [-0.25, -0.2) is 4.79 Å². The molecule has 0 unspecified atom stereocenters. The molecular formula is C15H23N3O3. The van der Waals surface area contributed by atoms with Crippen molar-refractivity contribution in [3.05, 3.63) is 18.5 Å². The van der Waals surface area contributed by atoms with Crippen molar-refractivity contribution in [3.63, 3.8) is 0 Å². The number of nitrogens with two attached hydrogens (primary N) is 1. The second-order valence-electron chi connectivity index (χ2n) is 6.20. The number of hydrogen-bond acceptors (Lipinski definition) is 5. The zero-order chi connectivity index (χ0) is 15.5. The van der Waals surface area contributed by atoms with Crippen molar-refractivity contribution in [3.8, 4) is 5.75 Å². The van der Waals surface area contributed by atoms with Crippen LogP contribution in [0.5, 0.6) is 5.75 Å². The third-order valence-electron chi connectivity index (χ3n) is 3.20. The Labute approximate surface area is 125 Å². The third-order valence-corrected chi connectivity index (χ3v) is 3.20. The number of nitrogen functional groups attached to an aromatic ring is 1. The molecular weight excluding hydrogens is 270 g/mol. The van der Waals surface area contributed by atoms with Gasteiger partial charge in [0.05, 0.1) is 11.9 Å². The standard InChI is InChI=1S/C15H23N3O3/c1-15(2,3)21-14(19)18-8-5-11(6-9-18)20-13-4-7-17-10-12(13)16/h4,7,10-11H,5-6,8-9,16H2,1-3H3. The summed E-state index contributed by atoms with van der Waals surface area (Å²) in [5, 5.41) is 0. The van der Waals surface area contributed by atoms with Gasteiger partial charge >= 0.3 is 6.09 Å². The number of rotatable bonds is 2. The number of ether oxygens (including phenoxy) is 2. The molecule has 1 aromatic rings. The summed E-state index contributed by atoms with van der Waals surface area (Å²) in [6, 6.07) is 1.76. The number of carbonyl (C=O) groups is 1. The predicted molar refractivity (Wildman–Crippen MR) is 80.1 cm³/mol. The molecule has 21 heavy (non-hydrogen) atoms. The zero-order valence-corrected chi connectivity index (χ0v) is 12.8. The summed E-state index contributed by atoms with van der Waals surface area (Å²) in [7, 11) is 0. The number of amides is 1. The summed E-state index contributed by atoms with van der Waals surface area (Å²) in [6.07, 6.45) is 4.56. The second kappa shape index (κ2) is 6.20. The normalized spacial score (nSPS) is 16.6. The lowest BCUT2D eigenvalue weighted by molar-refractivity contribution is 0.0127. The molecule has 2 N–H and O–H groups in total. The summed E-state index contributed by atoms with van der Waals surface area (Å²) in [5.41, 5.74) is 5.88. The molecule has 0 aromatic carbocycles. The number of anilines is 1. The molecule has 1 amide bonds. The minimum atomic E-state index is -0.462. The molecule has 2 heterocycles. The maximum Gasteiger partial charge on any atom is 0.410 e. The minimum Gasteiger partial charge on any atom is -0.488 e. The van der Waals surface area contributed by atoms with Crippen LogP contribution in [-0.2, 0) is 4.74 Å². The summed E-state index contributed by atoms with van der Waals surface area (Å²) >= 11 is 0. The summed E-state index contributed by atoms with van der Waals surface area (Å²) in [5.74, 6) is 0.653. The van der Waals surface area contributed by atoms with Crippen LogP contribution >= 0.6 is 0 Å². The SMILES string of the molecule is CC(C)(C)OC(=O)N1CCC(Oc2ccncc2N)CC1. The van der Waals surface area contributed by atoms with Crippen molar-refractivity contribution in [2.24, 2.45) is 0 Å². The smallest absolute Gasteiger partial charge is 0.410 e. The van der Waals surface area contributed by atoms with Crippen LogP contribution in [0.3, 0.4) is 0 Å². The molecule has 6 heteroatoms. The van der Waals surface area contributed by atoms with E-state index in [9.17, 15) is 4.79 Å². The monoisotopic (exact) mass is 293 g/mol. The lowest BCUT2D eigenvalue weighted by atomic mass is 10.1. The van der Waals surface area contributed by atoms with Gasteiger partial charge in [-0.3, -0.25) is 4.98 Å². The first-order valence-corrected chi connectivity index (χ1v) is 7.19. The van der Waals surface area contributed by atoms with E-state index in [0.29, 0.717) is 24.5 Å². The van der Waals surface area contributed by atoms with Crippen LogP contribution in [0.4, 0.5) is 10.5 Å². The highest BCUT2D eigenvalue weighted by molar-refractivity contribution is 5.68. The third kappa shape index (κ3) is 4.51. The van der Waals surface area contributed by atoms with Gasteiger partial charge in [-0.2, -0.15) is 0 Å². The maximum absolute atomic E-state index is 12.0. The van der Waals surface area contributed by atoms with Crippen molar-refractivity contribution >= 4 is 11.8 Å². The molecule has 1 aliphatic heterocycles. The largest absolute Gasteiger partial charge is 0.488 e. The summed E-state index contributed by atoms with van der Waals surface area (Å²) in [6.45, 7) is 6.86. The van der Waals surface area contributed by atoms with Crippen LogP contribution in [0.2, 0.25) is 0 Å². The van der Waals surface area contributed by atoms with Gasteiger partial charge < -0.3 is 20.1 Å². The van der Waals surface area contributed by atoms with Crippen molar-refractivity contribution in [2.75, 3.05) is 18.8 Å². The highest BCUT2D eigenvalue weighted by atomic mass is 16.6. The number of pyridine rings is 1. The first-order chi connectivity index (χ1) is 9.85. The average Bonchev–Trinajstić information content (AvgIpc) is 2.40. The Morgan fingerprint density at radius 2 is 2.05 bits per heavy atom. The van der Waals surface area contributed by atoms with Gasteiger partial charge in [0.2, 0.25) is 0 Å². The number of aromatic nitrogens is 1. The fourth-order valence-corrected chi connectivity index (χ4v) is 2.16. The summed E-state index contributed by atoms with van der Waals surface area (Å²) in [4.78, 5) is 17.6. The molecule has 0 spiro atoms. The van der Waals surface area contributed by atoms with Crippen LogP contribution in [0.15, 0.2) is 18.5 Å². The Bertz CT molecular complexity index is 491. The molecule has 0 saturated carbocycles. The van der Waals surface area contributed by atoms with Gasteiger partial charge in [0.1, 0.15) is 17.5 Å². The molecule has 1 saturated heterocycles. The van der Waals surface area contributed by atoms with E-state index in [1.807, 2.05) is 20.8 Å². The molecule has 0 bridgehead atoms. The Kier molecular flexibility index (Phi) is 4.55. The fourth-order valence-electron chi connectivity index (χ4n) is 2.16. The van der Waals surface area contributed by atoms with E-state index in [4.69, 9.17) is 15.2 Å². The lowest BCUT2D eigenvalue weighted by Crippen LogP contribution is -2.44. The van der Waals surface area contributed by atoms with E-state index in [1.54, 1.807) is 23.4 Å². The highest BCUT2D eigenvalue weighted by Crippen LogP contribution is 2.24. The number of piperidine rings is 1. The molecule has 0 radical (unpaired) electrons. The van der Waals surface area contributed by atoms with Crippen LogP contribution in [-0.4, -0.2) is 40.8 Å². The van der Waals surface area contributed by atoms with Gasteiger partial charge in [0.25, 0.3) is 0 Å². The zero-order valence-electron chi connectivity index (χ0n) is 12.8. The van der Waals surface area contributed by atoms with Crippen molar-refractivity contribution in [2.45, 2.75) is 45.3 Å². The highest BCUT2D eigenvalue weighted by Gasteiger charge is 2.27. The Morgan fingerprint density at radius 3 is 2.62 bits per heavy atom. The van der Waals surface area contributed by atoms with Crippen molar-refractivity contribution in [1.29, 1.82) is 0 Å². The van der Waals surface area contributed by atoms with E-state index in [-0.39, 0.29) is 12.2 Å². The van der Waals surface area contributed by atoms with Gasteiger partial charge in [-0.05, 0) is 20.8 Å².